The van der Waals surface area contributed by atoms with Crippen molar-refractivity contribution in [2.75, 3.05) is 11.9 Å². The molecule has 0 aliphatic rings. The summed E-state index contributed by atoms with van der Waals surface area (Å²) in [5.74, 6) is -1.15. The monoisotopic (exact) mass is 424 g/mol. The minimum atomic E-state index is -0.675. The van der Waals surface area contributed by atoms with Crippen LogP contribution in [-0.4, -0.2) is 22.9 Å². The molecule has 0 aliphatic heterocycles. The Morgan fingerprint density at radius 2 is 1.87 bits per heavy atom. The van der Waals surface area contributed by atoms with Gasteiger partial charge in [0.1, 0.15) is 11.3 Å². The maximum atomic E-state index is 13.2. The number of benzene rings is 2. The summed E-state index contributed by atoms with van der Waals surface area (Å²) in [5.41, 5.74) is 1.51. The van der Waals surface area contributed by atoms with E-state index in [-0.39, 0.29) is 23.6 Å². The molecule has 0 atom stereocenters. The maximum absolute atomic E-state index is 13.2. The first-order valence-electron chi connectivity index (χ1n) is 9.22. The summed E-state index contributed by atoms with van der Waals surface area (Å²) in [6.45, 7) is 3.71. The number of amides is 1. The molecule has 4 aromatic rings. The van der Waals surface area contributed by atoms with Crippen molar-refractivity contribution in [3.63, 3.8) is 0 Å². The number of carbonyl (C=O) groups excluding carboxylic acids is 2. The number of pyridine rings is 1. The highest BCUT2D eigenvalue weighted by molar-refractivity contribution is 6.31. The third-order valence-corrected chi connectivity index (χ3v) is 4.82. The van der Waals surface area contributed by atoms with Gasteiger partial charge in [0, 0.05) is 10.6 Å². The zero-order chi connectivity index (χ0) is 21.4. The van der Waals surface area contributed by atoms with Crippen molar-refractivity contribution in [3.8, 4) is 0 Å². The van der Waals surface area contributed by atoms with Crippen molar-refractivity contribution in [1.82, 2.24) is 4.40 Å². The second-order valence-electron chi connectivity index (χ2n) is 6.67. The summed E-state index contributed by atoms with van der Waals surface area (Å²) >= 11 is 6.08. The fourth-order valence-electron chi connectivity index (χ4n) is 3.12. The lowest BCUT2D eigenvalue weighted by molar-refractivity contribution is 0.0526. The fraction of sp³-hybridized carbons (Fsp3) is 0.136. The van der Waals surface area contributed by atoms with Gasteiger partial charge in [-0.15, -0.1) is 0 Å². The van der Waals surface area contributed by atoms with E-state index in [9.17, 15) is 14.4 Å². The van der Waals surface area contributed by atoms with Gasteiger partial charge < -0.3 is 14.5 Å². The molecule has 152 valence electrons. The van der Waals surface area contributed by atoms with E-state index >= 15 is 0 Å². The molecule has 0 aliphatic carbocycles. The Balaban J connectivity index is 1.91. The number of nitrogens with zero attached hydrogens (tertiary/aromatic N) is 1. The van der Waals surface area contributed by atoms with E-state index in [1.165, 1.54) is 10.5 Å². The molecule has 1 N–H and O–H groups in total. The molecule has 0 bridgehead atoms. The number of ether oxygens (including phenoxy) is 1. The van der Waals surface area contributed by atoms with E-state index in [4.69, 9.17) is 20.8 Å². The average molecular weight is 425 g/mol. The molecule has 1 amide bonds. The van der Waals surface area contributed by atoms with Crippen LogP contribution in [0, 0.1) is 6.92 Å². The topological polar surface area (TPSA) is 90.0 Å². The molecule has 0 saturated carbocycles. The summed E-state index contributed by atoms with van der Waals surface area (Å²) in [5, 5.41) is 2.98. The summed E-state index contributed by atoms with van der Waals surface area (Å²) < 4.78 is 12.0. The number of hydrogen-bond acceptors (Lipinski definition) is 5. The predicted molar refractivity (Wildman–Crippen MR) is 114 cm³/mol. The van der Waals surface area contributed by atoms with Gasteiger partial charge in [0.15, 0.2) is 5.58 Å². The zero-order valence-corrected chi connectivity index (χ0v) is 16.9. The van der Waals surface area contributed by atoms with E-state index in [2.05, 4.69) is 5.32 Å². The van der Waals surface area contributed by atoms with E-state index < -0.39 is 17.4 Å². The molecule has 0 unspecified atom stereocenters. The molecule has 30 heavy (non-hydrogen) atoms. The van der Waals surface area contributed by atoms with Crippen LogP contribution in [0.4, 0.5) is 5.69 Å². The standard InChI is InChI=1S/C22H17ClN2O5/c1-3-29-22(28)15-11-16(24-19(26)13-6-4-12(2)5-7-13)20(27)25-17-10-14(23)8-9-18(17)30-21(15)25/h4-11H,3H2,1-2H3,(H,24,26). The van der Waals surface area contributed by atoms with Gasteiger partial charge in [-0.25, -0.2) is 9.20 Å². The van der Waals surface area contributed by atoms with Crippen molar-refractivity contribution in [2.45, 2.75) is 13.8 Å². The molecule has 8 heteroatoms. The van der Waals surface area contributed by atoms with Crippen LogP contribution in [0.25, 0.3) is 16.8 Å². The minimum Gasteiger partial charge on any atom is -0.462 e. The highest BCUT2D eigenvalue weighted by Gasteiger charge is 2.23. The molecule has 2 aromatic carbocycles. The Bertz CT molecular complexity index is 1350. The lowest BCUT2D eigenvalue weighted by atomic mass is 10.1. The van der Waals surface area contributed by atoms with Crippen LogP contribution in [0.1, 0.15) is 33.2 Å². The summed E-state index contributed by atoms with van der Waals surface area (Å²) in [7, 11) is 0. The van der Waals surface area contributed by atoms with Gasteiger partial charge in [-0.05, 0) is 50.2 Å². The third kappa shape index (κ3) is 3.44. The van der Waals surface area contributed by atoms with Gasteiger partial charge in [0.2, 0.25) is 5.71 Å². The first kappa shape index (κ1) is 19.7. The SMILES string of the molecule is CCOC(=O)c1cc(NC(=O)c2ccc(C)cc2)c(=O)n2c1oc1ccc(Cl)cc12. The van der Waals surface area contributed by atoms with Crippen LogP contribution in [0.5, 0.6) is 0 Å². The average Bonchev–Trinajstić information content (AvgIpc) is 3.09. The van der Waals surface area contributed by atoms with Crippen LogP contribution >= 0.6 is 11.6 Å². The van der Waals surface area contributed by atoms with Gasteiger partial charge in [-0.3, -0.25) is 9.59 Å². The number of nitrogens with one attached hydrogen (secondary N) is 1. The van der Waals surface area contributed by atoms with Crippen LogP contribution in [0.2, 0.25) is 5.02 Å². The molecule has 0 radical (unpaired) electrons. The van der Waals surface area contributed by atoms with Crippen LogP contribution in [0.15, 0.2) is 57.7 Å². The maximum Gasteiger partial charge on any atom is 0.343 e. The number of fused-ring (bicyclic) bond motifs is 3. The van der Waals surface area contributed by atoms with Crippen molar-refractivity contribution >= 4 is 46.0 Å². The Labute approximate surface area is 175 Å². The third-order valence-electron chi connectivity index (χ3n) is 4.58. The summed E-state index contributed by atoms with van der Waals surface area (Å²) in [4.78, 5) is 38.3. The molecule has 0 fully saturated rings. The van der Waals surface area contributed by atoms with Crippen molar-refractivity contribution in [3.05, 3.63) is 80.6 Å². The largest absolute Gasteiger partial charge is 0.462 e. The number of aromatic nitrogens is 1. The molecular formula is C22H17ClN2O5. The second-order valence-corrected chi connectivity index (χ2v) is 7.11. The molecule has 4 rings (SSSR count). The Morgan fingerprint density at radius 3 is 2.57 bits per heavy atom. The van der Waals surface area contributed by atoms with E-state index in [1.54, 1.807) is 49.4 Å². The molecule has 7 nitrogen and oxygen atoms in total. The van der Waals surface area contributed by atoms with Crippen LogP contribution < -0.4 is 10.9 Å². The smallest absolute Gasteiger partial charge is 0.343 e. The highest BCUT2D eigenvalue weighted by Crippen LogP contribution is 2.26. The lowest BCUT2D eigenvalue weighted by Crippen LogP contribution is -2.24. The Kier molecular flexibility index (Phi) is 5.05. The van der Waals surface area contributed by atoms with Crippen molar-refractivity contribution < 1.29 is 18.7 Å². The number of halogens is 1. The van der Waals surface area contributed by atoms with Crippen LogP contribution in [0.3, 0.4) is 0 Å². The van der Waals surface area contributed by atoms with E-state index in [1.807, 2.05) is 6.92 Å². The first-order chi connectivity index (χ1) is 14.4. The van der Waals surface area contributed by atoms with Crippen molar-refractivity contribution in [1.29, 1.82) is 0 Å². The molecular weight excluding hydrogens is 408 g/mol. The van der Waals surface area contributed by atoms with Crippen molar-refractivity contribution in [2.24, 2.45) is 0 Å². The molecule has 0 spiro atoms. The second kappa shape index (κ2) is 7.68. The number of anilines is 1. The van der Waals surface area contributed by atoms with E-state index in [0.717, 1.165) is 5.56 Å². The first-order valence-corrected chi connectivity index (χ1v) is 9.60. The van der Waals surface area contributed by atoms with Gasteiger partial charge in [-0.1, -0.05) is 29.3 Å². The van der Waals surface area contributed by atoms with Gasteiger partial charge in [0.25, 0.3) is 11.5 Å². The van der Waals surface area contributed by atoms with Gasteiger partial charge >= 0.3 is 5.97 Å². The number of aryl methyl sites for hydroxylation is 1. The fourth-order valence-corrected chi connectivity index (χ4v) is 3.29. The predicted octanol–water partition coefficient (Wildman–Crippen LogP) is 4.44. The molecule has 2 heterocycles. The van der Waals surface area contributed by atoms with Gasteiger partial charge in [0.05, 0.1) is 12.1 Å². The number of carbonyl (C=O) groups is 2. The Morgan fingerprint density at radius 1 is 1.13 bits per heavy atom. The summed E-state index contributed by atoms with van der Waals surface area (Å²) in [6, 6.07) is 12.9. The minimum absolute atomic E-state index is 0.0166. The normalized spacial score (nSPS) is 11.0. The van der Waals surface area contributed by atoms with Crippen LogP contribution in [-0.2, 0) is 4.74 Å². The highest BCUT2D eigenvalue weighted by atomic mass is 35.5. The summed E-state index contributed by atoms with van der Waals surface area (Å²) in [6.07, 6.45) is 0. The Hall–Kier alpha value is -3.58. The quantitative estimate of drug-likeness (QED) is 0.489. The number of oxazole rings is 1. The molecule has 0 saturated heterocycles. The molecule has 2 aromatic heterocycles. The van der Waals surface area contributed by atoms with E-state index in [0.29, 0.717) is 21.7 Å². The number of esters is 1. The lowest BCUT2D eigenvalue weighted by Gasteiger charge is -2.09. The van der Waals surface area contributed by atoms with Gasteiger partial charge in [-0.2, -0.15) is 0 Å². The zero-order valence-electron chi connectivity index (χ0n) is 16.2. The number of hydrogen-bond donors (Lipinski definition) is 1. The number of rotatable bonds is 4.